The summed E-state index contributed by atoms with van der Waals surface area (Å²) in [7, 11) is 1.43. The van der Waals surface area contributed by atoms with Crippen LogP contribution in [0.5, 0.6) is 11.5 Å². The molecule has 0 radical (unpaired) electrons. The van der Waals surface area contributed by atoms with E-state index in [2.05, 4.69) is 15.7 Å². The minimum atomic E-state index is -1.80. The lowest BCUT2D eigenvalue weighted by Crippen LogP contribution is -2.45. The highest BCUT2D eigenvalue weighted by Crippen LogP contribution is 2.52. The molecule has 270 valence electrons. The van der Waals surface area contributed by atoms with Crippen LogP contribution in [0.25, 0.3) is 0 Å². The maximum Gasteiger partial charge on any atom is 0.330 e. The average Bonchev–Trinajstić information content (AvgIpc) is 3.51. The van der Waals surface area contributed by atoms with Gasteiger partial charge in [-0.3, -0.25) is 14.3 Å². The van der Waals surface area contributed by atoms with E-state index in [9.17, 15) is 14.9 Å². The molecule has 3 aromatic carbocycles. The number of nitrogens with zero attached hydrogens (tertiary/aromatic N) is 3. The fraction of sp³-hybridized carbons (Fsp3) is 0.395. The lowest BCUT2D eigenvalue weighted by molar-refractivity contribution is -0.0855. The van der Waals surface area contributed by atoms with Crippen LogP contribution in [0.3, 0.4) is 0 Å². The average molecular weight is 717 g/mol. The number of aromatic amines is 1. The maximum absolute atomic E-state index is 13.2. The third-order valence-corrected chi connectivity index (χ3v) is 10.7. The number of aromatic nitrogens is 2. The molecule has 1 aromatic heterocycles. The number of ether oxygens (including phenoxy) is 4. The van der Waals surface area contributed by atoms with E-state index < -0.39 is 43.8 Å². The molecule has 0 amide bonds. The molecule has 1 aliphatic heterocycles. The van der Waals surface area contributed by atoms with Crippen LogP contribution in [-0.4, -0.2) is 65.9 Å². The lowest BCUT2D eigenvalue weighted by Gasteiger charge is -2.41. The summed E-state index contributed by atoms with van der Waals surface area (Å²) < 4.78 is 41.5. The van der Waals surface area contributed by atoms with Gasteiger partial charge in [0.15, 0.2) is 6.23 Å². The molecule has 13 heteroatoms. The number of hydrogen-bond donors (Lipinski definition) is 1. The third-order valence-electron chi connectivity index (χ3n) is 8.58. The Kier molecular flexibility index (Phi) is 12.8. The molecular formula is C38H45N4O8P. The molecule has 0 spiro atoms. The SMILES string of the molecule is COc1ccc(C(O[C@H]2CO[C@@H](n3ccc(=O)[nH]c3=O)C2OP(OCCC#N)N(C(C)C)C(C)C)(c2ccccc2)c2ccc(OC)cc2)cc1. The van der Waals surface area contributed by atoms with Crippen LogP contribution < -0.4 is 20.7 Å². The van der Waals surface area contributed by atoms with Gasteiger partial charge in [-0.2, -0.15) is 5.26 Å². The Hall–Kier alpha value is -4.34. The number of nitrogens with one attached hydrogen (secondary N) is 1. The fourth-order valence-electron chi connectivity index (χ4n) is 6.31. The van der Waals surface area contributed by atoms with Crippen LogP contribution in [0.1, 0.15) is 57.0 Å². The Balaban J connectivity index is 1.70. The highest BCUT2D eigenvalue weighted by molar-refractivity contribution is 7.44. The molecular weight excluding hydrogens is 671 g/mol. The largest absolute Gasteiger partial charge is 0.497 e. The first-order valence-corrected chi connectivity index (χ1v) is 18.0. The summed E-state index contributed by atoms with van der Waals surface area (Å²) in [6.45, 7) is 8.36. The molecule has 12 nitrogen and oxygen atoms in total. The van der Waals surface area contributed by atoms with Crippen molar-refractivity contribution in [2.24, 2.45) is 0 Å². The maximum atomic E-state index is 13.2. The molecule has 2 heterocycles. The zero-order chi connectivity index (χ0) is 36.5. The predicted octanol–water partition coefficient (Wildman–Crippen LogP) is 6.12. The van der Waals surface area contributed by atoms with E-state index in [0.29, 0.717) is 11.5 Å². The predicted molar refractivity (Wildman–Crippen MR) is 194 cm³/mol. The Morgan fingerprint density at radius 2 is 1.47 bits per heavy atom. The van der Waals surface area contributed by atoms with E-state index in [4.69, 9.17) is 28.0 Å². The van der Waals surface area contributed by atoms with Crippen LogP contribution >= 0.6 is 8.53 Å². The highest BCUT2D eigenvalue weighted by Gasteiger charge is 2.50. The fourth-order valence-corrected chi connectivity index (χ4v) is 8.06. The summed E-state index contributed by atoms with van der Waals surface area (Å²) >= 11 is 0. The van der Waals surface area contributed by atoms with Gasteiger partial charge in [0.25, 0.3) is 14.1 Å². The van der Waals surface area contributed by atoms with Gasteiger partial charge in [-0.1, -0.05) is 54.6 Å². The monoisotopic (exact) mass is 716 g/mol. The molecule has 51 heavy (non-hydrogen) atoms. The number of hydrogen-bond acceptors (Lipinski definition) is 10. The second-order valence-corrected chi connectivity index (χ2v) is 13.9. The Labute approximate surface area is 299 Å². The first-order chi connectivity index (χ1) is 24.6. The van der Waals surface area contributed by atoms with Gasteiger partial charge in [0, 0.05) is 24.3 Å². The van der Waals surface area contributed by atoms with Crippen molar-refractivity contribution in [2.45, 2.75) is 70.2 Å². The minimum Gasteiger partial charge on any atom is -0.497 e. The van der Waals surface area contributed by atoms with Crippen molar-refractivity contribution in [2.75, 3.05) is 27.4 Å². The normalized spacial score (nSPS) is 18.2. The van der Waals surface area contributed by atoms with Gasteiger partial charge in [-0.15, -0.1) is 0 Å². The molecule has 1 saturated heterocycles. The van der Waals surface area contributed by atoms with Crippen molar-refractivity contribution >= 4 is 8.53 Å². The number of H-pyrrole nitrogens is 1. The summed E-state index contributed by atoms with van der Waals surface area (Å²) in [5, 5.41) is 9.32. The van der Waals surface area contributed by atoms with Crippen molar-refractivity contribution in [3.05, 3.63) is 129 Å². The zero-order valence-corrected chi connectivity index (χ0v) is 30.6. The van der Waals surface area contributed by atoms with Crippen LogP contribution in [0, 0.1) is 11.3 Å². The molecule has 1 N–H and O–H groups in total. The molecule has 0 saturated carbocycles. The van der Waals surface area contributed by atoms with E-state index in [1.165, 1.54) is 16.8 Å². The molecule has 4 atom stereocenters. The van der Waals surface area contributed by atoms with Gasteiger partial charge in [-0.25, -0.2) is 9.46 Å². The second-order valence-electron chi connectivity index (χ2n) is 12.5. The Bertz CT molecular complexity index is 1800. The topological polar surface area (TPSA) is 137 Å². The third kappa shape index (κ3) is 8.42. The van der Waals surface area contributed by atoms with E-state index in [1.54, 1.807) is 14.2 Å². The van der Waals surface area contributed by atoms with Crippen molar-refractivity contribution in [1.82, 2.24) is 14.2 Å². The Morgan fingerprint density at radius 3 is 1.98 bits per heavy atom. The molecule has 0 bridgehead atoms. The molecule has 5 rings (SSSR count). The second kappa shape index (κ2) is 17.2. The number of benzene rings is 3. The van der Waals surface area contributed by atoms with Gasteiger partial charge >= 0.3 is 5.69 Å². The van der Waals surface area contributed by atoms with Crippen molar-refractivity contribution in [1.29, 1.82) is 5.26 Å². The minimum absolute atomic E-state index is 0.0103. The van der Waals surface area contributed by atoms with Gasteiger partial charge < -0.3 is 28.0 Å². The van der Waals surface area contributed by atoms with E-state index in [0.717, 1.165) is 16.7 Å². The zero-order valence-electron chi connectivity index (χ0n) is 29.7. The molecule has 1 fully saturated rings. The quantitative estimate of drug-likeness (QED) is 0.0820. The summed E-state index contributed by atoms with van der Waals surface area (Å²) in [5.74, 6) is 1.36. The smallest absolute Gasteiger partial charge is 0.330 e. The summed E-state index contributed by atoms with van der Waals surface area (Å²) in [4.78, 5) is 27.6. The molecule has 1 aliphatic rings. The van der Waals surface area contributed by atoms with Gasteiger partial charge in [0.1, 0.15) is 29.3 Å². The first-order valence-electron chi connectivity index (χ1n) is 16.8. The van der Waals surface area contributed by atoms with E-state index >= 15 is 0 Å². The number of rotatable bonds is 16. The summed E-state index contributed by atoms with van der Waals surface area (Å²) in [6.07, 6.45) is -1.14. The van der Waals surface area contributed by atoms with Crippen molar-refractivity contribution < 1.29 is 28.0 Å². The molecule has 2 unspecified atom stereocenters. The number of methoxy groups -OCH3 is 2. The van der Waals surface area contributed by atoms with E-state index in [-0.39, 0.29) is 31.7 Å². The van der Waals surface area contributed by atoms with E-state index in [1.807, 2.05) is 107 Å². The standard InChI is InChI=1S/C38H45N4O8P/c1-26(2)42(27(3)4)51(48-24-10-22-39)50-35-33(25-47-36(35)41-23-21-34(43)40-37(41)44)49-38(28-11-8-7-9-12-28,29-13-17-31(45-5)18-14-29)30-15-19-32(46-6)20-16-30/h7-9,11-21,23,26-27,33,35-36H,10,24-25H2,1-6H3,(H,40,43,44)/t33-,35?,36+,51?/m0/s1. The summed E-state index contributed by atoms with van der Waals surface area (Å²) in [5.41, 5.74) is 0.0428. The highest BCUT2D eigenvalue weighted by atomic mass is 31.2. The van der Waals surface area contributed by atoms with Gasteiger partial charge in [0.2, 0.25) is 0 Å². The van der Waals surface area contributed by atoms with Crippen molar-refractivity contribution in [3.63, 3.8) is 0 Å². The lowest BCUT2D eigenvalue weighted by atomic mass is 9.79. The van der Waals surface area contributed by atoms with Crippen LogP contribution in [-0.2, 0) is 24.1 Å². The van der Waals surface area contributed by atoms with Crippen LogP contribution in [0.15, 0.2) is 101 Å². The van der Waals surface area contributed by atoms with Gasteiger partial charge in [-0.05, 0) is 68.7 Å². The molecule has 0 aliphatic carbocycles. The van der Waals surface area contributed by atoms with Crippen LogP contribution in [0.4, 0.5) is 0 Å². The number of nitriles is 1. The Morgan fingerprint density at radius 1 is 0.902 bits per heavy atom. The first kappa shape index (κ1) is 37.9. The molecule has 4 aromatic rings. The van der Waals surface area contributed by atoms with Crippen LogP contribution in [0.2, 0.25) is 0 Å². The van der Waals surface area contributed by atoms with Crippen molar-refractivity contribution in [3.8, 4) is 17.6 Å². The summed E-state index contributed by atoms with van der Waals surface area (Å²) in [6, 6.07) is 28.6. The van der Waals surface area contributed by atoms with Gasteiger partial charge in [0.05, 0.1) is 39.9 Å².